The van der Waals surface area contributed by atoms with Gasteiger partial charge in [-0.15, -0.1) is 0 Å². The van der Waals surface area contributed by atoms with Crippen LogP contribution in [0, 0.1) is 6.92 Å². The SMILES string of the molecule is Cc1c(O)n(N2CCN(C)CC2)c(=O)[nH]c1=O. The van der Waals surface area contributed by atoms with Crippen LogP contribution in [0.15, 0.2) is 9.59 Å². The largest absolute Gasteiger partial charge is 0.493 e. The number of aromatic hydroxyl groups is 1. The first-order valence-corrected chi connectivity index (χ1v) is 5.49. The minimum Gasteiger partial charge on any atom is -0.493 e. The van der Waals surface area contributed by atoms with Crippen molar-refractivity contribution >= 4 is 0 Å². The number of hydrogen-bond acceptors (Lipinski definition) is 5. The molecule has 17 heavy (non-hydrogen) atoms. The monoisotopic (exact) mass is 240 g/mol. The summed E-state index contributed by atoms with van der Waals surface area (Å²) in [5.74, 6) is -0.275. The number of piperazine rings is 1. The lowest BCUT2D eigenvalue weighted by Crippen LogP contribution is -2.54. The van der Waals surface area contributed by atoms with Crippen LogP contribution in [0.3, 0.4) is 0 Å². The van der Waals surface area contributed by atoms with E-state index in [0.29, 0.717) is 13.1 Å². The van der Waals surface area contributed by atoms with Gasteiger partial charge in [-0.3, -0.25) is 9.78 Å². The summed E-state index contributed by atoms with van der Waals surface area (Å²) in [5, 5.41) is 11.6. The molecule has 2 heterocycles. The molecule has 0 amide bonds. The first kappa shape index (κ1) is 11.7. The quantitative estimate of drug-likeness (QED) is 0.620. The van der Waals surface area contributed by atoms with Crippen LogP contribution in [0.1, 0.15) is 5.56 Å². The van der Waals surface area contributed by atoms with Crippen molar-refractivity contribution in [2.24, 2.45) is 0 Å². The fourth-order valence-corrected chi connectivity index (χ4v) is 1.86. The Labute approximate surface area is 97.9 Å². The standard InChI is InChI=1S/C10H16N4O3/c1-7-8(15)11-10(17)14(9(7)16)13-5-3-12(2)4-6-13/h16H,3-6H2,1-2H3,(H,11,15,17). The van der Waals surface area contributed by atoms with Gasteiger partial charge in [-0.25, -0.2) is 4.79 Å². The minimum atomic E-state index is -0.595. The van der Waals surface area contributed by atoms with Crippen molar-refractivity contribution in [3.05, 3.63) is 26.4 Å². The molecule has 1 aliphatic heterocycles. The summed E-state index contributed by atoms with van der Waals surface area (Å²) in [6.07, 6.45) is 0. The molecule has 1 aliphatic rings. The lowest BCUT2D eigenvalue weighted by atomic mass is 10.3. The molecule has 94 valence electrons. The van der Waals surface area contributed by atoms with Crippen molar-refractivity contribution in [2.45, 2.75) is 6.92 Å². The van der Waals surface area contributed by atoms with E-state index >= 15 is 0 Å². The van der Waals surface area contributed by atoms with Crippen LogP contribution in [0.25, 0.3) is 0 Å². The zero-order chi connectivity index (χ0) is 12.6. The first-order chi connectivity index (χ1) is 8.00. The van der Waals surface area contributed by atoms with Crippen molar-refractivity contribution < 1.29 is 5.11 Å². The van der Waals surface area contributed by atoms with Crippen molar-refractivity contribution in [1.82, 2.24) is 14.6 Å². The van der Waals surface area contributed by atoms with Gasteiger partial charge in [0.05, 0.1) is 5.56 Å². The molecule has 0 spiro atoms. The second-order valence-corrected chi connectivity index (χ2v) is 4.28. The van der Waals surface area contributed by atoms with E-state index in [-0.39, 0.29) is 11.4 Å². The molecule has 1 aromatic heterocycles. The maximum atomic E-state index is 11.7. The third-order valence-electron chi connectivity index (χ3n) is 3.05. The molecule has 7 heteroatoms. The molecule has 0 unspecified atom stereocenters. The molecule has 0 radical (unpaired) electrons. The second-order valence-electron chi connectivity index (χ2n) is 4.28. The Hall–Kier alpha value is -1.76. The van der Waals surface area contributed by atoms with Gasteiger partial charge in [0.15, 0.2) is 0 Å². The van der Waals surface area contributed by atoms with Crippen LogP contribution in [0.2, 0.25) is 0 Å². The van der Waals surface area contributed by atoms with E-state index in [1.807, 2.05) is 7.05 Å². The smallest absolute Gasteiger partial charge is 0.350 e. The number of hydrogen-bond donors (Lipinski definition) is 2. The van der Waals surface area contributed by atoms with E-state index in [1.54, 1.807) is 5.01 Å². The number of aromatic nitrogens is 2. The van der Waals surface area contributed by atoms with Gasteiger partial charge >= 0.3 is 5.69 Å². The van der Waals surface area contributed by atoms with Crippen LogP contribution >= 0.6 is 0 Å². The number of nitrogens with zero attached hydrogens (tertiary/aromatic N) is 3. The highest BCUT2D eigenvalue weighted by Crippen LogP contribution is 2.09. The highest BCUT2D eigenvalue weighted by Gasteiger charge is 2.19. The summed E-state index contributed by atoms with van der Waals surface area (Å²) >= 11 is 0. The molecule has 1 aromatic rings. The van der Waals surface area contributed by atoms with Gasteiger partial charge in [-0.1, -0.05) is 0 Å². The van der Waals surface area contributed by atoms with E-state index in [1.165, 1.54) is 6.92 Å². The van der Waals surface area contributed by atoms with Crippen molar-refractivity contribution in [3.8, 4) is 5.88 Å². The summed E-state index contributed by atoms with van der Waals surface area (Å²) in [4.78, 5) is 27.3. The molecule has 2 N–H and O–H groups in total. The average Bonchev–Trinajstić information content (AvgIpc) is 2.29. The van der Waals surface area contributed by atoms with E-state index < -0.39 is 11.2 Å². The Balaban J connectivity index is 2.42. The zero-order valence-corrected chi connectivity index (χ0v) is 9.93. The lowest BCUT2D eigenvalue weighted by Gasteiger charge is -2.34. The van der Waals surface area contributed by atoms with Crippen LogP contribution < -0.4 is 16.3 Å². The Kier molecular flexibility index (Phi) is 2.93. The first-order valence-electron chi connectivity index (χ1n) is 5.49. The van der Waals surface area contributed by atoms with Gasteiger partial charge in [0.2, 0.25) is 5.88 Å². The molecule has 0 aromatic carbocycles. The summed E-state index contributed by atoms with van der Waals surface area (Å²) in [6, 6.07) is 0. The van der Waals surface area contributed by atoms with Crippen molar-refractivity contribution in [1.29, 1.82) is 0 Å². The molecule has 0 saturated carbocycles. The van der Waals surface area contributed by atoms with E-state index in [0.717, 1.165) is 17.8 Å². The van der Waals surface area contributed by atoms with Crippen LogP contribution in [-0.4, -0.2) is 52.9 Å². The molecule has 1 fully saturated rings. The molecule has 7 nitrogen and oxygen atoms in total. The number of rotatable bonds is 1. The predicted molar refractivity (Wildman–Crippen MR) is 63.2 cm³/mol. The van der Waals surface area contributed by atoms with E-state index in [2.05, 4.69) is 9.88 Å². The fraction of sp³-hybridized carbons (Fsp3) is 0.600. The lowest BCUT2D eigenvalue weighted by molar-refractivity contribution is 0.272. The van der Waals surface area contributed by atoms with E-state index in [4.69, 9.17) is 0 Å². The minimum absolute atomic E-state index is 0.156. The Morgan fingerprint density at radius 3 is 2.35 bits per heavy atom. The van der Waals surface area contributed by atoms with Gasteiger partial charge in [-0.05, 0) is 14.0 Å². The Morgan fingerprint density at radius 1 is 1.18 bits per heavy atom. The van der Waals surface area contributed by atoms with Crippen LogP contribution in [0.5, 0.6) is 5.88 Å². The average molecular weight is 240 g/mol. The van der Waals surface area contributed by atoms with Gasteiger partial charge in [0, 0.05) is 26.2 Å². The molecular formula is C10H16N4O3. The van der Waals surface area contributed by atoms with Crippen molar-refractivity contribution in [2.75, 3.05) is 38.2 Å². The number of H-pyrrole nitrogens is 1. The predicted octanol–water partition coefficient (Wildman–Crippen LogP) is -1.57. The van der Waals surface area contributed by atoms with Gasteiger partial charge in [0.25, 0.3) is 5.56 Å². The summed E-state index contributed by atoms with van der Waals surface area (Å²) < 4.78 is 1.14. The summed E-state index contributed by atoms with van der Waals surface area (Å²) in [7, 11) is 2.00. The number of aromatic amines is 1. The second kappa shape index (κ2) is 4.25. The topological polar surface area (TPSA) is 81.6 Å². The molecule has 1 saturated heterocycles. The third-order valence-corrected chi connectivity index (χ3v) is 3.05. The molecular weight excluding hydrogens is 224 g/mol. The maximum absolute atomic E-state index is 11.7. The molecule has 0 aliphatic carbocycles. The molecule has 0 atom stereocenters. The summed E-state index contributed by atoms with van der Waals surface area (Å²) in [6.45, 7) is 4.37. The number of likely N-dealkylation sites (N-methyl/N-ethyl adjacent to an activating group) is 1. The third kappa shape index (κ3) is 2.05. The van der Waals surface area contributed by atoms with Crippen LogP contribution in [0.4, 0.5) is 0 Å². The van der Waals surface area contributed by atoms with Gasteiger partial charge in [-0.2, -0.15) is 4.68 Å². The summed E-state index contributed by atoms with van der Waals surface area (Å²) in [5.41, 5.74) is -0.982. The highest BCUT2D eigenvalue weighted by molar-refractivity contribution is 5.22. The van der Waals surface area contributed by atoms with E-state index in [9.17, 15) is 14.7 Å². The van der Waals surface area contributed by atoms with Gasteiger partial charge in [0.1, 0.15) is 0 Å². The highest BCUT2D eigenvalue weighted by atomic mass is 16.3. The Bertz CT molecular complexity index is 525. The normalized spacial score (nSPS) is 17.4. The van der Waals surface area contributed by atoms with Crippen molar-refractivity contribution in [3.63, 3.8) is 0 Å². The maximum Gasteiger partial charge on any atom is 0.350 e. The molecule has 0 bridgehead atoms. The van der Waals surface area contributed by atoms with Gasteiger partial charge < -0.3 is 15.0 Å². The zero-order valence-electron chi connectivity index (χ0n) is 9.93. The Morgan fingerprint density at radius 2 is 1.76 bits per heavy atom. The fourth-order valence-electron chi connectivity index (χ4n) is 1.86. The number of nitrogens with one attached hydrogen (secondary N) is 1. The van der Waals surface area contributed by atoms with Crippen LogP contribution in [-0.2, 0) is 0 Å². The molecule has 2 rings (SSSR count).